The quantitative estimate of drug-likeness (QED) is 0.853. The van der Waals surface area contributed by atoms with Gasteiger partial charge in [0.2, 0.25) is 0 Å². The molecular formula is C17H23N3O3. The Balaban J connectivity index is 2.10. The van der Waals surface area contributed by atoms with Gasteiger partial charge in [0, 0.05) is 12.1 Å². The number of aromatic nitrogens is 1. The Morgan fingerprint density at radius 3 is 2.65 bits per heavy atom. The van der Waals surface area contributed by atoms with Crippen molar-refractivity contribution in [3.05, 3.63) is 46.8 Å². The fourth-order valence-electron chi connectivity index (χ4n) is 2.04. The van der Waals surface area contributed by atoms with Crippen molar-refractivity contribution in [1.82, 2.24) is 10.5 Å². The predicted molar refractivity (Wildman–Crippen MR) is 87.4 cm³/mol. The van der Waals surface area contributed by atoms with Crippen molar-refractivity contribution in [2.75, 3.05) is 6.54 Å². The van der Waals surface area contributed by atoms with E-state index in [1.807, 2.05) is 33.8 Å². The van der Waals surface area contributed by atoms with Crippen LogP contribution >= 0.6 is 0 Å². The van der Waals surface area contributed by atoms with E-state index in [2.05, 4.69) is 10.5 Å². The van der Waals surface area contributed by atoms with Crippen LogP contribution in [0, 0.1) is 13.8 Å². The average molecular weight is 317 g/mol. The van der Waals surface area contributed by atoms with Crippen LogP contribution in [0.3, 0.4) is 0 Å². The number of carbonyl (C=O) groups excluding carboxylic acids is 1. The van der Waals surface area contributed by atoms with Gasteiger partial charge in [-0.1, -0.05) is 17.3 Å². The fraction of sp³-hybridized carbons (Fsp3) is 0.412. The summed E-state index contributed by atoms with van der Waals surface area (Å²) < 4.78 is 10.9. The maximum Gasteiger partial charge on any atom is 0.255 e. The Bertz CT molecular complexity index is 667. The second-order valence-corrected chi connectivity index (χ2v) is 6.26. The van der Waals surface area contributed by atoms with Crippen molar-refractivity contribution in [2.24, 2.45) is 5.73 Å². The van der Waals surface area contributed by atoms with Crippen LogP contribution in [-0.4, -0.2) is 23.1 Å². The summed E-state index contributed by atoms with van der Waals surface area (Å²) in [5.41, 5.74) is 7.58. The molecule has 1 aromatic carbocycles. The lowest BCUT2D eigenvalue weighted by Crippen LogP contribution is -2.45. The van der Waals surface area contributed by atoms with Gasteiger partial charge in [-0.15, -0.1) is 0 Å². The van der Waals surface area contributed by atoms with Crippen molar-refractivity contribution in [3.63, 3.8) is 0 Å². The Labute approximate surface area is 136 Å². The molecule has 23 heavy (non-hydrogen) atoms. The van der Waals surface area contributed by atoms with Gasteiger partial charge in [-0.2, -0.15) is 0 Å². The van der Waals surface area contributed by atoms with Crippen LogP contribution in [-0.2, 0) is 6.61 Å². The minimum Gasteiger partial charge on any atom is -0.488 e. The highest BCUT2D eigenvalue weighted by atomic mass is 16.5. The number of benzene rings is 1. The van der Waals surface area contributed by atoms with Gasteiger partial charge >= 0.3 is 0 Å². The van der Waals surface area contributed by atoms with Crippen LogP contribution in [0.1, 0.15) is 41.2 Å². The van der Waals surface area contributed by atoms with E-state index < -0.39 is 5.54 Å². The summed E-state index contributed by atoms with van der Waals surface area (Å²) in [7, 11) is 0. The standard InChI is InChI=1S/C17H23N3O3/c1-11-14(12(2)23-20-11)9-22-15-8-6-5-7-13(15)16(21)19-10-17(3,4)18/h5-8H,9-10,18H2,1-4H3,(H,19,21). The number of carbonyl (C=O) groups is 1. The number of ether oxygens (including phenoxy) is 1. The van der Waals surface area contributed by atoms with Crippen molar-refractivity contribution >= 4 is 5.91 Å². The van der Waals surface area contributed by atoms with Gasteiger partial charge in [-0.3, -0.25) is 4.79 Å². The molecule has 0 unspecified atom stereocenters. The summed E-state index contributed by atoms with van der Waals surface area (Å²) in [6.45, 7) is 8.08. The number of nitrogens with zero attached hydrogens (tertiary/aromatic N) is 1. The zero-order chi connectivity index (χ0) is 17.0. The van der Waals surface area contributed by atoms with Gasteiger partial charge in [-0.05, 0) is 39.8 Å². The lowest BCUT2D eigenvalue weighted by molar-refractivity contribution is 0.0941. The number of amides is 1. The van der Waals surface area contributed by atoms with E-state index in [0.29, 0.717) is 30.2 Å². The van der Waals surface area contributed by atoms with E-state index in [1.165, 1.54) is 0 Å². The number of nitrogens with two attached hydrogens (primary N) is 1. The number of nitrogens with one attached hydrogen (secondary N) is 1. The third-order valence-electron chi connectivity index (χ3n) is 3.39. The zero-order valence-electron chi connectivity index (χ0n) is 14.0. The zero-order valence-corrected chi connectivity index (χ0v) is 14.0. The summed E-state index contributed by atoms with van der Waals surface area (Å²) >= 11 is 0. The summed E-state index contributed by atoms with van der Waals surface area (Å²) in [5, 5.41) is 6.71. The number of para-hydroxylation sites is 1. The van der Waals surface area contributed by atoms with Crippen LogP contribution in [0.2, 0.25) is 0 Å². The number of hydrogen-bond donors (Lipinski definition) is 2. The van der Waals surface area contributed by atoms with E-state index in [9.17, 15) is 4.79 Å². The molecule has 1 aromatic heterocycles. The molecule has 0 aliphatic rings. The first-order valence-corrected chi connectivity index (χ1v) is 7.48. The normalized spacial score (nSPS) is 11.3. The Morgan fingerprint density at radius 1 is 1.35 bits per heavy atom. The lowest BCUT2D eigenvalue weighted by atomic mass is 10.1. The molecule has 0 aliphatic carbocycles. The lowest BCUT2D eigenvalue weighted by Gasteiger charge is -2.19. The Kier molecular flexibility index (Phi) is 5.05. The maximum absolute atomic E-state index is 12.3. The van der Waals surface area contributed by atoms with Crippen LogP contribution in [0.25, 0.3) is 0 Å². The highest BCUT2D eigenvalue weighted by molar-refractivity contribution is 5.96. The molecule has 0 fully saturated rings. The maximum atomic E-state index is 12.3. The molecule has 3 N–H and O–H groups in total. The molecule has 0 bridgehead atoms. The number of aryl methyl sites for hydroxylation is 2. The minimum atomic E-state index is -0.470. The minimum absolute atomic E-state index is 0.210. The van der Waals surface area contributed by atoms with Crippen LogP contribution in [0.5, 0.6) is 5.75 Å². The fourth-order valence-corrected chi connectivity index (χ4v) is 2.04. The van der Waals surface area contributed by atoms with Gasteiger partial charge in [0.25, 0.3) is 5.91 Å². The number of rotatable bonds is 6. The third-order valence-corrected chi connectivity index (χ3v) is 3.39. The molecule has 1 amide bonds. The second-order valence-electron chi connectivity index (χ2n) is 6.26. The molecular weight excluding hydrogens is 294 g/mol. The molecule has 124 valence electrons. The number of hydrogen-bond acceptors (Lipinski definition) is 5. The first kappa shape index (κ1) is 17.0. The third kappa shape index (κ3) is 4.56. The molecule has 0 aliphatic heterocycles. The van der Waals surface area contributed by atoms with Gasteiger partial charge in [0.1, 0.15) is 18.1 Å². The molecule has 0 spiro atoms. The monoisotopic (exact) mass is 317 g/mol. The smallest absolute Gasteiger partial charge is 0.255 e. The van der Waals surface area contributed by atoms with Crippen LogP contribution in [0.15, 0.2) is 28.8 Å². The van der Waals surface area contributed by atoms with Crippen molar-refractivity contribution < 1.29 is 14.1 Å². The topological polar surface area (TPSA) is 90.4 Å². The highest BCUT2D eigenvalue weighted by Crippen LogP contribution is 2.21. The van der Waals surface area contributed by atoms with Gasteiger partial charge in [-0.25, -0.2) is 0 Å². The summed E-state index contributed by atoms with van der Waals surface area (Å²) in [5.74, 6) is 1.02. The first-order valence-electron chi connectivity index (χ1n) is 7.48. The van der Waals surface area contributed by atoms with Crippen molar-refractivity contribution in [2.45, 2.75) is 39.8 Å². The van der Waals surface area contributed by atoms with E-state index >= 15 is 0 Å². The largest absolute Gasteiger partial charge is 0.488 e. The molecule has 0 atom stereocenters. The molecule has 0 saturated heterocycles. The Morgan fingerprint density at radius 2 is 2.04 bits per heavy atom. The molecule has 1 heterocycles. The molecule has 6 nitrogen and oxygen atoms in total. The first-order chi connectivity index (χ1) is 10.8. The second kappa shape index (κ2) is 6.83. The molecule has 2 aromatic rings. The van der Waals surface area contributed by atoms with Gasteiger partial charge in [0.05, 0.1) is 16.8 Å². The predicted octanol–water partition coefficient (Wildman–Crippen LogP) is 2.34. The van der Waals surface area contributed by atoms with E-state index in [0.717, 1.165) is 11.3 Å². The summed E-state index contributed by atoms with van der Waals surface area (Å²) in [4.78, 5) is 12.3. The van der Waals surface area contributed by atoms with Gasteiger partial charge in [0.15, 0.2) is 0 Å². The average Bonchev–Trinajstić information content (AvgIpc) is 2.81. The molecule has 2 rings (SSSR count). The van der Waals surface area contributed by atoms with Crippen molar-refractivity contribution in [1.29, 1.82) is 0 Å². The molecule has 0 radical (unpaired) electrons. The summed E-state index contributed by atoms with van der Waals surface area (Å²) in [6, 6.07) is 7.11. The van der Waals surface area contributed by atoms with Crippen molar-refractivity contribution in [3.8, 4) is 5.75 Å². The van der Waals surface area contributed by atoms with E-state index in [1.54, 1.807) is 18.2 Å². The Hall–Kier alpha value is -2.34. The van der Waals surface area contributed by atoms with Gasteiger partial charge < -0.3 is 20.3 Å². The van der Waals surface area contributed by atoms with Crippen LogP contribution in [0.4, 0.5) is 0 Å². The summed E-state index contributed by atoms with van der Waals surface area (Å²) in [6.07, 6.45) is 0. The molecule has 0 saturated carbocycles. The van der Waals surface area contributed by atoms with E-state index in [4.69, 9.17) is 15.0 Å². The molecule has 6 heteroatoms. The van der Waals surface area contributed by atoms with Crippen LogP contribution < -0.4 is 15.8 Å². The highest BCUT2D eigenvalue weighted by Gasteiger charge is 2.17. The SMILES string of the molecule is Cc1noc(C)c1COc1ccccc1C(=O)NCC(C)(C)N. The van der Waals surface area contributed by atoms with E-state index in [-0.39, 0.29) is 5.91 Å².